The van der Waals surface area contributed by atoms with Crippen molar-refractivity contribution in [3.05, 3.63) is 74.8 Å². The molecule has 1 N–H and O–H groups in total. The molecular formula is C18H11F3N2OS. The van der Waals surface area contributed by atoms with Gasteiger partial charge in [0.2, 0.25) is 0 Å². The first-order valence-electron chi connectivity index (χ1n) is 7.24. The number of H-pyrrole nitrogens is 1. The molecule has 7 heteroatoms. The Morgan fingerprint density at radius 3 is 2.64 bits per heavy atom. The molecule has 0 bridgehead atoms. The zero-order valence-electron chi connectivity index (χ0n) is 13.0. The van der Waals surface area contributed by atoms with Crippen LogP contribution in [0.4, 0.5) is 13.2 Å². The van der Waals surface area contributed by atoms with E-state index in [0.29, 0.717) is 16.3 Å². The molecule has 1 heterocycles. The molecule has 2 aromatic carbocycles. The van der Waals surface area contributed by atoms with Crippen LogP contribution < -0.4 is 5.56 Å². The number of fused-ring (bicyclic) bond motifs is 1. The summed E-state index contributed by atoms with van der Waals surface area (Å²) in [5.41, 5.74) is -0.581. The molecule has 0 unspecified atom stereocenters. The van der Waals surface area contributed by atoms with E-state index in [9.17, 15) is 18.0 Å². The third-order valence-electron chi connectivity index (χ3n) is 3.80. The highest BCUT2D eigenvalue weighted by Gasteiger charge is 2.15. The van der Waals surface area contributed by atoms with Crippen LogP contribution in [0.15, 0.2) is 40.2 Å². The summed E-state index contributed by atoms with van der Waals surface area (Å²) in [6.07, 6.45) is 0. The van der Waals surface area contributed by atoms with E-state index >= 15 is 0 Å². The normalized spacial score (nSPS) is 10.8. The lowest BCUT2D eigenvalue weighted by atomic mass is 10.1. The number of thioether (sulfide) groups is 1. The van der Waals surface area contributed by atoms with Gasteiger partial charge in [-0.1, -0.05) is 6.07 Å². The number of pyridine rings is 1. The van der Waals surface area contributed by atoms with Gasteiger partial charge in [-0.05, 0) is 36.8 Å². The highest BCUT2D eigenvalue weighted by molar-refractivity contribution is 7.98. The van der Waals surface area contributed by atoms with Gasteiger partial charge in [0, 0.05) is 22.1 Å². The van der Waals surface area contributed by atoms with Crippen molar-refractivity contribution in [3.8, 4) is 6.07 Å². The van der Waals surface area contributed by atoms with Crippen LogP contribution in [0.1, 0.15) is 16.7 Å². The Morgan fingerprint density at radius 2 is 1.92 bits per heavy atom. The molecule has 0 aliphatic rings. The quantitative estimate of drug-likeness (QED) is 0.704. The predicted octanol–water partition coefficient (Wildman–Crippen LogP) is 4.42. The number of aromatic nitrogens is 1. The maximum atomic E-state index is 14.1. The van der Waals surface area contributed by atoms with Crippen molar-refractivity contribution < 1.29 is 13.2 Å². The Kier molecular flexibility index (Phi) is 4.55. The van der Waals surface area contributed by atoms with Gasteiger partial charge in [-0.2, -0.15) is 5.26 Å². The lowest BCUT2D eigenvalue weighted by molar-refractivity contribution is 0.560. The van der Waals surface area contributed by atoms with Crippen LogP contribution in [0.5, 0.6) is 0 Å². The molecule has 3 rings (SSSR count). The lowest BCUT2D eigenvalue weighted by Gasteiger charge is -2.10. The zero-order chi connectivity index (χ0) is 18.1. The number of benzene rings is 2. The van der Waals surface area contributed by atoms with E-state index in [1.807, 2.05) is 0 Å². The zero-order valence-corrected chi connectivity index (χ0v) is 13.8. The van der Waals surface area contributed by atoms with E-state index in [4.69, 9.17) is 5.26 Å². The van der Waals surface area contributed by atoms with Crippen molar-refractivity contribution in [1.29, 1.82) is 5.26 Å². The summed E-state index contributed by atoms with van der Waals surface area (Å²) in [5.74, 6) is -1.98. The number of rotatable bonds is 3. The fourth-order valence-electron chi connectivity index (χ4n) is 2.49. The maximum Gasteiger partial charge on any atom is 0.267 e. The molecule has 0 saturated heterocycles. The maximum absolute atomic E-state index is 14.1. The average Bonchev–Trinajstić information content (AvgIpc) is 2.58. The van der Waals surface area contributed by atoms with Gasteiger partial charge in [-0.3, -0.25) is 4.79 Å². The standard InChI is InChI=1S/C18H11F3N2OS/c1-9-2-5-15(20)14(16(9)21)8-25-18-12-6-10(19)3-4-11(12)13(7-22)17(24)23-18/h2-6H,8H2,1H3,(H,23,24). The van der Waals surface area contributed by atoms with Crippen LogP contribution in [0.3, 0.4) is 0 Å². The third-order valence-corrected chi connectivity index (χ3v) is 4.85. The number of aromatic amines is 1. The van der Waals surface area contributed by atoms with Gasteiger partial charge >= 0.3 is 0 Å². The molecule has 25 heavy (non-hydrogen) atoms. The second-order valence-electron chi connectivity index (χ2n) is 5.41. The van der Waals surface area contributed by atoms with Crippen LogP contribution in [0.2, 0.25) is 0 Å². The molecule has 0 radical (unpaired) electrons. The smallest absolute Gasteiger partial charge is 0.267 e. The summed E-state index contributed by atoms with van der Waals surface area (Å²) in [6.45, 7) is 1.53. The first-order chi connectivity index (χ1) is 11.9. The second-order valence-corrected chi connectivity index (χ2v) is 6.39. The highest BCUT2D eigenvalue weighted by atomic mass is 32.2. The van der Waals surface area contributed by atoms with Crippen molar-refractivity contribution in [2.45, 2.75) is 17.7 Å². The first kappa shape index (κ1) is 17.1. The summed E-state index contributed by atoms with van der Waals surface area (Å²) in [6, 6.07) is 7.97. The van der Waals surface area contributed by atoms with Gasteiger partial charge in [-0.15, -0.1) is 11.8 Å². The van der Waals surface area contributed by atoms with Crippen LogP contribution in [-0.4, -0.2) is 4.98 Å². The van der Waals surface area contributed by atoms with E-state index in [0.717, 1.165) is 17.8 Å². The largest absolute Gasteiger partial charge is 0.315 e. The molecule has 126 valence electrons. The van der Waals surface area contributed by atoms with Gasteiger partial charge in [0.15, 0.2) is 0 Å². The second kappa shape index (κ2) is 6.65. The topological polar surface area (TPSA) is 56.6 Å². The molecule has 0 aliphatic heterocycles. The molecule has 0 spiro atoms. The minimum atomic E-state index is -0.693. The fourth-order valence-corrected chi connectivity index (χ4v) is 3.54. The summed E-state index contributed by atoms with van der Waals surface area (Å²) in [7, 11) is 0. The lowest BCUT2D eigenvalue weighted by Crippen LogP contribution is -2.12. The van der Waals surface area contributed by atoms with Gasteiger partial charge in [0.1, 0.15) is 29.1 Å². The Labute approximate surface area is 145 Å². The minimum absolute atomic E-state index is 0.0905. The van der Waals surface area contributed by atoms with E-state index in [1.54, 1.807) is 6.07 Å². The minimum Gasteiger partial charge on any atom is -0.315 e. The van der Waals surface area contributed by atoms with Gasteiger partial charge < -0.3 is 4.98 Å². The molecule has 0 fully saturated rings. The Bertz CT molecular complexity index is 1090. The predicted molar refractivity (Wildman–Crippen MR) is 89.9 cm³/mol. The fraction of sp³-hybridized carbons (Fsp3) is 0.111. The number of aryl methyl sites for hydroxylation is 1. The monoisotopic (exact) mass is 360 g/mol. The van der Waals surface area contributed by atoms with E-state index < -0.39 is 23.0 Å². The van der Waals surface area contributed by atoms with Crippen molar-refractivity contribution in [3.63, 3.8) is 0 Å². The van der Waals surface area contributed by atoms with Gasteiger partial charge in [0.05, 0.1) is 5.03 Å². The summed E-state index contributed by atoms with van der Waals surface area (Å²) >= 11 is 0.970. The highest BCUT2D eigenvalue weighted by Crippen LogP contribution is 2.31. The van der Waals surface area contributed by atoms with Gasteiger partial charge in [0.25, 0.3) is 5.56 Å². The molecule has 0 aliphatic carbocycles. The van der Waals surface area contributed by atoms with Crippen LogP contribution in [-0.2, 0) is 5.75 Å². The number of nitriles is 1. The molecule has 0 atom stereocenters. The molecule has 3 nitrogen and oxygen atoms in total. The van der Waals surface area contributed by atoms with Crippen LogP contribution in [0.25, 0.3) is 10.8 Å². The SMILES string of the molecule is Cc1ccc(F)c(CSc2[nH]c(=O)c(C#N)c3ccc(F)cc23)c1F. The number of hydrogen-bond donors (Lipinski definition) is 1. The third kappa shape index (κ3) is 3.13. The first-order valence-corrected chi connectivity index (χ1v) is 8.23. The molecule has 0 saturated carbocycles. The summed E-state index contributed by atoms with van der Waals surface area (Å²) < 4.78 is 41.6. The van der Waals surface area contributed by atoms with Crippen molar-refractivity contribution in [2.24, 2.45) is 0 Å². The number of hydrogen-bond acceptors (Lipinski definition) is 3. The average molecular weight is 360 g/mol. The van der Waals surface area contributed by atoms with E-state index in [1.165, 1.54) is 31.2 Å². The van der Waals surface area contributed by atoms with Crippen LogP contribution in [0, 0.1) is 35.7 Å². The summed E-state index contributed by atoms with van der Waals surface area (Å²) in [4.78, 5) is 14.5. The number of nitrogens with one attached hydrogen (secondary N) is 1. The summed E-state index contributed by atoms with van der Waals surface area (Å²) in [5, 5.41) is 9.97. The van der Waals surface area contributed by atoms with Crippen molar-refractivity contribution in [2.75, 3.05) is 0 Å². The van der Waals surface area contributed by atoms with E-state index in [2.05, 4.69) is 4.98 Å². The number of halogens is 3. The molecular weight excluding hydrogens is 349 g/mol. The molecule has 0 amide bonds. The molecule has 3 aromatic rings. The van der Waals surface area contributed by atoms with Gasteiger partial charge in [-0.25, -0.2) is 13.2 Å². The molecule has 1 aromatic heterocycles. The van der Waals surface area contributed by atoms with Crippen molar-refractivity contribution >= 4 is 22.5 Å². The van der Waals surface area contributed by atoms with Crippen LogP contribution >= 0.6 is 11.8 Å². The van der Waals surface area contributed by atoms with Crippen molar-refractivity contribution in [1.82, 2.24) is 4.98 Å². The Hall–Kier alpha value is -2.72. The Balaban J connectivity index is 2.09. The Morgan fingerprint density at radius 1 is 1.16 bits per heavy atom. The van der Waals surface area contributed by atoms with E-state index in [-0.39, 0.29) is 21.9 Å². The number of nitrogens with zero attached hydrogens (tertiary/aromatic N) is 1.